The van der Waals surface area contributed by atoms with E-state index in [9.17, 15) is 39.6 Å². The molecular weight excluding hydrogens is 534 g/mol. The van der Waals surface area contributed by atoms with E-state index in [1.54, 1.807) is 58.2 Å². The first-order valence-electron chi connectivity index (χ1n) is 13.1. The molecule has 41 heavy (non-hydrogen) atoms. The van der Waals surface area contributed by atoms with Crippen LogP contribution in [0.2, 0.25) is 0 Å². The molecule has 3 aliphatic rings. The van der Waals surface area contributed by atoms with Gasteiger partial charge >= 0.3 is 0 Å². The fourth-order valence-electron chi connectivity index (χ4n) is 6.42. The number of aliphatic hydroxyl groups excluding tert-OH is 2. The number of carbonyl (C=O) groups is 4. The summed E-state index contributed by atoms with van der Waals surface area (Å²) in [7, 11) is 10.2. The van der Waals surface area contributed by atoms with Crippen LogP contribution in [0.25, 0.3) is 0 Å². The minimum Gasteiger partial charge on any atom is -0.510 e. The molecule has 0 aliphatic heterocycles. The number of benzene rings is 1. The normalized spacial score (nSPS) is 25.7. The lowest BCUT2D eigenvalue weighted by molar-refractivity contribution is -0.148. The van der Waals surface area contributed by atoms with E-state index >= 15 is 0 Å². The minimum absolute atomic E-state index is 0.00172. The van der Waals surface area contributed by atoms with Crippen LogP contribution in [0.15, 0.2) is 28.7 Å². The summed E-state index contributed by atoms with van der Waals surface area (Å²) in [4.78, 5) is 56.8. The zero-order chi connectivity index (χ0) is 30.7. The third kappa shape index (κ3) is 4.63. The van der Waals surface area contributed by atoms with Crippen LogP contribution < -0.4 is 16.0 Å². The summed E-state index contributed by atoms with van der Waals surface area (Å²) in [5.41, 5.74) is 2.87. The molecule has 3 aliphatic carbocycles. The molecule has 13 nitrogen and oxygen atoms in total. The number of phenolic OH excluding ortho intramolecular Hbond substituents is 1. The van der Waals surface area contributed by atoms with Gasteiger partial charge in [-0.15, -0.1) is 0 Å². The average molecular weight is 572 g/mol. The summed E-state index contributed by atoms with van der Waals surface area (Å²) < 4.78 is 0. The lowest BCUT2D eigenvalue weighted by Gasteiger charge is -2.50. The molecule has 1 aromatic carbocycles. The van der Waals surface area contributed by atoms with Crippen molar-refractivity contribution < 1.29 is 39.6 Å². The first-order chi connectivity index (χ1) is 19.0. The largest absolute Gasteiger partial charge is 0.510 e. The van der Waals surface area contributed by atoms with Crippen LogP contribution in [0.3, 0.4) is 0 Å². The summed E-state index contributed by atoms with van der Waals surface area (Å²) in [5.74, 6) is -7.34. The Labute approximate surface area is 237 Å². The number of likely N-dealkylation sites (N-methyl/N-ethyl adjacent to an activating group) is 2. The van der Waals surface area contributed by atoms with Crippen molar-refractivity contribution in [2.75, 3.05) is 53.7 Å². The van der Waals surface area contributed by atoms with Crippen molar-refractivity contribution in [2.45, 2.75) is 31.0 Å². The van der Waals surface area contributed by atoms with Crippen molar-refractivity contribution in [3.8, 4) is 5.75 Å². The molecule has 222 valence electrons. The van der Waals surface area contributed by atoms with Crippen LogP contribution in [-0.2, 0) is 27.3 Å². The molecule has 7 N–H and O–H groups in total. The third-order valence-corrected chi connectivity index (χ3v) is 8.20. The Kier molecular flexibility index (Phi) is 7.67. The Morgan fingerprint density at radius 2 is 1.73 bits per heavy atom. The Balaban J connectivity index is 1.88. The second-order valence-electron chi connectivity index (χ2n) is 11.6. The first kappa shape index (κ1) is 30.0. The number of primary amides is 1. The summed E-state index contributed by atoms with van der Waals surface area (Å²) in [6, 6.07) is 0.626. The molecule has 0 radical (unpaired) electrons. The van der Waals surface area contributed by atoms with Crippen molar-refractivity contribution in [3.63, 3.8) is 0 Å². The van der Waals surface area contributed by atoms with Crippen molar-refractivity contribution in [3.05, 3.63) is 45.4 Å². The van der Waals surface area contributed by atoms with Crippen molar-refractivity contribution >= 4 is 29.1 Å². The number of nitrogens with two attached hydrogens (primary N) is 1. The third-order valence-electron chi connectivity index (χ3n) is 8.20. The van der Waals surface area contributed by atoms with E-state index in [-0.39, 0.29) is 54.3 Å². The van der Waals surface area contributed by atoms with Gasteiger partial charge in [0, 0.05) is 43.4 Å². The van der Waals surface area contributed by atoms with Crippen LogP contribution in [0, 0.1) is 11.8 Å². The zero-order valence-electron chi connectivity index (χ0n) is 24.0. The molecular formula is C28H37N5O8. The van der Waals surface area contributed by atoms with Gasteiger partial charge in [0.2, 0.25) is 11.7 Å². The van der Waals surface area contributed by atoms with Gasteiger partial charge in [0.1, 0.15) is 22.8 Å². The highest BCUT2D eigenvalue weighted by molar-refractivity contribution is 6.25. The second kappa shape index (κ2) is 10.5. The molecule has 0 aromatic heterocycles. The maximum absolute atomic E-state index is 14.0. The quantitative estimate of drug-likeness (QED) is 0.228. The van der Waals surface area contributed by atoms with E-state index in [1.165, 1.54) is 4.90 Å². The van der Waals surface area contributed by atoms with Gasteiger partial charge in [-0.05, 0) is 58.6 Å². The van der Waals surface area contributed by atoms with E-state index in [4.69, 9.17) is 5.73 Å². The van der Waals surface area contributed by atoms with Crippen molar-refractivity contribution in [1.82, 2.24) is 15.1 Å². The molecule has 1 unspecified atom stereocenters. The summed E-state index contributed by atoms with van der Waals surface area (Å²) in [5, 5.41) is 48.1. The molecule has 0 fully saturated rings. The van der Waals surface area contributed by atoms with Gasteiger partial charge in [0.05, 0.1) is 18.2 Å². The minimum atomic E-state index is -2.71. The van der Waals surface area contributed by atoms with Gasteiger partial charge in [0.25, 0.3) is 5.91 Å². The van der Waals surface area contributed by atoms with Crippen LogP contribution in [0.1, 0.15) is 27.9 Å². The number of allylic oxidation sites excluding steroid dienone is 1. The molecule has 0 bridgehead atoms. The predicted octanol–water partition coefficient (Wildman–Crippen LogP) is -0.636. The Morgan fingerprint density at radius 3 is 2.27 bits per heavy atom. The topological polar surface area (TPSA) is 197 Å². The van der Waals surface area contributed by atoms with Crippen molar-refractivity contribution in [1.29, 1.82) is 0 Å². The molecule has 0 heterocycles. The SMILES string of the molecule is CN(C)CC(=O)NCc1cc(N(C)C)c2c(c1O)C(=O)C1=C(O)[C@@]3(O)C(=O)C(C(N)=O)=C(O)C(N(C)C)[C@H]3C[C@H]1C2. The van der Waals surface area contributed by atoms with Gasteiger partial charge in [-0.3, -0.25) is 24.1 Å². The first-order valence-corrected chi connectivity index (χ1v) is 13.1. The van der Waals surface area contributed by atoms with E-state index < -0.39 is 58.0 Å². The zero-order valence-corrected chi connectivity index (χ0v) is 24.0. The Hall–Kier alpha value is -3.94. The molecule has 0 spiro atoms. The Bertz CT molecular complexity index is 1410. The lowest BCUT2D eigenvalue weighted by Crippen LogP contribution is -2.63. The number of hydrogen-bond donors (Lipinski definition) is 6. The summed E-state index contributed by atoms with van der Waals surface area (Å²) in [6.07, 6.45) is 0.171. The molecule has 2 amide bonds. The number of amides is 2. The maximum Gasteiger partial charge on any atom is 0.255 e. The predicted molar refractivity (Wildman–Crippen MR) is 148 cm³/mol. The number of aromatic hydroxyl groups is 1. The smallest absolute Gasteiger partial charge is 0.255 e. The van der Waals surface area contributed by atoms with Gasteiger partial charge in [-0.1, -0.05) is 0 Å². The van der Waals surface area contributed by atoms with Crippen molar-refractivity contribution in [2.24, 2.45) is 17.6 Å². The second-order valence-corrected chi connectivity index (χ2v) is 11.6. The fourth-order valence-corrected chi connectivity index (χ4v) is 6.42. The molecule has 4 atom stereocenters. The molecule has 1 aromatic rings. The standard InChI is InChI=1S/C28H37N5O8/c1-31(2)11-17(34)30-10-13-9-16(32(3)4)14-7-12-8-15-21(33(5)6)24(37)20(27(29)40)26(39)28(15,41)25(38)18(12)23(36)19(14)22(13)35/h9,12,15,21,35,37-38,41H,7-8,10-11H2,1-6H3,(H2,29,40)(H,30,34)/t12-,15-,21?,28-/m1/s1. The number of hydrogen-bond acceptors (Lipinski definition) is 11. The van der Waals surface area contributed by atoms with Gasteiger partial charge in [0.15, 0.2) is 11.4 Å². The number of aliphatic hydroxyl groups is 3. The maximum atomic E-state index is 14.0. The van der Waals surface area contributed by atoms with Gasteiger partial charge < -0.3 is 41.3 Å². The van der Waals surface area contributed by atoms with E-state index in [1.807, 2.05) is 0 Å². The molecule has 0 saturated carbocycles. The number of phenols is 1. The molecule has 4 rings (SSSR count). The number of carbonyl (C=O) groups excluding carboxylic acids is 4. The highest BCUT2D eigenvalue weighted by Crippen LogP contribution is 2.53. The number of anilines is 1. The number of ketones is 2. The molecule has 0 saturated heterocycles. The molecule has 13 heteroatoms. The summed E-state index contributed by atoms with van der Waals surface area (Å²) in [6.45, 7) is 0.0437. The number of Topliss-reactive ketones (excluding diaryl/α,β-unsaturated/α-hetero) is 2. The monoisotopic (exact) mass is 571 g/mol. The van der Waals surface area contributed by atoms with E-state index in [2.05, 4.69) is 5.32 Å². The van der Waals surface area contributed by atoms with E-state index in [0.717, 1.165) is 0 Å². The van der Waals surface area contributed by atoms with Crippen LogP contribution in [-0.4, -0.2) is 114 Å². The lowest BCUT2D eigenvalue weighted by atomic mass is 9.58. The number of fused-ring (bicyclic) bond motifs is 3. The highest BCUT2D eigenvalue weighted by Gasteiger charge is 2.63. The van der Waals surface area contributed by atoms with Gasteiger partial charge in [-0.25, -0.2) is 0 Å². The highest BCUT2D eigenvalue weighted by atomic mass is 16.3. The van der Waals surface area contributed by atoms with Gasteiger partial charge in [-0.2, -0.15) is 0 Å². The fraction of sp³-hybridized carbons (Fsp3) is 0.500. The van der Waals surface area contributed by atoms with E-state index in [0.29, 0.717) is 11.3 Å². The summed E-state index contributed by atoms with van der Waals surface area (Å²) >= 11 is 0. The number of nitrogens with one attached hydrogen (secondary N) is 1. The van der Waals surface area contributed by atoms with Crippen LogP contribution in [0.4, 0.5) is 5.69 Å². The number of rotatable bonds is 7. The Morgan fingerprint density at radius 1 is 1.10 bits per heavy atom. The average Bonchev–Trinajstić information content (AvgIpc) is 2.84. The van der Waals surface area contributed by atoms with Crippen LogP contribution >= 0.6 is 0 Å². The number of nitrogens with zero attached hydrogens (tertiary/aromatic N) is 3. The van der Waals surface area contributed by atoms with Crippen LogP contribution in [0.5, 0.6) is 5.75 Å².